The summed E-state index contributed by atoms with van der Waals surface area (Å²) in [6, 6.07) is 6.44. The minimum Gasteiger partial charge on any atom is -0.496 e. The fraction of sp³-hybridized carbons (Fsp3) is 0.600. The van der Waals surface area contributed by atoms with Crippen LogP contribution in [0.3, 0.4) is 0 Å². The lowest BCUT2D eigenvalue weighted by Gasteiger charge is -2.21. The molecule has 0 aromatic heterocycles. The van der Waals surface area contributed by atoms with Crippen LogP contribution in [0.1, 0.15) is 50.8 Å². The number of nitrogens with one attached hydrogen (secondary N) is 1. The molecule has 3 nitrogen and oxygen atoms in total. The van der Waals surface area contributed by atoms with Crippen LogP contribution in [0.4, 0.5) is 0 Å². The van der Waals surface area contributed by atoms with E-state index >= 15 is 0 Å². The van der Waals surface area contributed by atoms with Gasteiger partial charge >= 0.3 is 0 Å². The molecule has 0 radical (unpaired) electrons. The van der Waals surface area contributed by atoms with E-state index in [2.05, 4.69) is 39.1 Å². The van der Waals surface area contributed by atoms with E-state index in [1.54, 1.807) is 7.11 Å². The van der Waals surface area contributed by atoms with Crippen LogP contribution in [0, 0.1) is 0 Å². The monoisotopic (exact) mass is 251 g/mol. The van der Waals surface area contributed by atoms with Crippen LogP contribution in [0.2, 0.25) is 0 Å². The summed E-state index contributed by atoms with van der Waals surface area (Å²) in [6.45, 7) is 8.55. The van der Waals surface area contributed by atoms with E-state index in [1.807, 2.05) is 12.1 Å². The van der Waals surface area contributed by atoms with Gasteiger partial charge in [0, 0.05) is 6.04 Å². The SMILES string of the molecule is COc1ccc(C(CO)NC(C)C)cc1C(C)C. The molecule has 1 unspecified atom stereocenters. The topological polar surface area (TPSA) is 41.5 Å². The second-order valence-corrected chi connectivity index (χ2v) is 5.21. The number of hydrogen-bond donors (Lipinski definition) is 2. The third kappa shape index (κ3) is 3.72. The number of hydrogen-bond acceptors (Lipinski definition) is 3. The average Bonchev–Trinajstić information content (AvgIpc) is 2.34. The molecule has 1 rings (SSSR count). The zero-order valence-corrected chi connectivity index (χ0v) is 12.0. The zero-order valence-electron chi connectivity index (χ0n) is 12.0. The number of ether oxygens (including phenoxy) is 1. The van der Waals surface area contributed by atoms with Crippen LogP contribution in [-0.2, 0) is 0 Å². The molecule has 0 aliphatic carbocycles. The smallest absolute Gasteiger partial charge is 0.122 e. The Bertz CT molecular complexity index is 375. The van der Waals surface area contributed by atoms with E-state index in [0.29, 0.717) is 12.0 Å². The molecule has 1 aromatic carbocycles. The first-order chi connectivity index (χ1) is 8.49. The first kappa shape index (κ1) is 15.0. The maximum atomic E-state index is 9.49. The number of benzene rings is 1. The maximum absolute atomic E-state index is 9.49. The van der Waals surface area contributed by atoms with Gasteiger partial charge in [-0.05, 0) is 23.1 Å². The second kappa shape index (κ2) is 6.76. The van der Waals surface area contributed by atoms with Gasteiger partial charge in [-0.1, -0.05) is 39.8 Å². The molecular formula is C15H25NO2. The lowest BCUT2D eigenvalue weighted by atomic mass is 9.96. The van der Waals surface area contributed by atoms with Crippen LogP contribution in [0.25, 0.3) is 0 Å². The van der Waals surface area contributed by atoms with Crippen molar-refractivity contribution in [1.82, 2.24) is 5.32 Å². The lowest BCUT2D eigenvalue weighted by molar-refractivity contribution is 0.237. The molecule has 0 saturated carbocycles. The molecule has 0 amide bonds. The summed E-state index contributed by atoms with van der Waals surface area (Å²) in [5.74, 6) is 1.31. The molecule has 1 aromatic rings. The summed E-state index contributed by atoms with van der Waals surface area (Å²) in [6.07, 6.45) is 0. The Balaban J connectivity index is 3.05. The van der Waals surface area contributed by atoms with Crippen molar-refractivity contribution in [3.05, 3.63) is 29.3 Å². The Morgan fingerprint density at radius 2 is 1.89 bits per heavy atom. The molecule has 2 N–H and O–H groups in total. The fourth-order valence-corrected chi connectivity index (χ4v) is 2.08. The molecule has 0 bridgehead atoms. The first-order valence-electron chi connectivity index (χ1n) is 6.54. The largest absolute Gasteiger partial charge is 0.496 e. The van der Waals surface area contributed by atoms with E-state index in [1.165, 1.54) is 5.56 Å². The Hall–Kier alpha value is -1.06. The molecule has 0 fully saturated rings. The van der Waals surface area contributed by atoms with Gasteiger partial charge in [0.25, 0.3) is 0 Å². The second-order valence-electron chi connectivity index (χ2n) is 5.21. The van der Waals surface area contributed by atoms with Crippen LogP contribution < -0.4 is 10.1 Å². The van der Waals surface area contributed by atoms with Gasteiger partial charge in [0.15, 0.2) is 0 Å². The van der Waals surface area contributed by atoms with E-state index in [4.69, 9.17) is 4.74 Å². The van der Waals surface area contributed by atoms with E-state index in [-0.39, 0.29) is 12.6 Å². The minimum absolute atomic E-state index is 0.0200. The highest BCUT2D eigenvalue weighted by Crippen LogP contribution is 2.29. The Morgan fingerprint density at radius 3 is 2.33 bits per heavy atom. The Morgan fingerprint density at radius 1 is 1.22 bits per heavy atom. The average molecular weight is 251 g/mol. The normalized spacial score (nSPS) is 13.1. The van der Waals surface area contributed by atoms with Crippen LogP contribution in [-0.4, -0.2) is 24.9 Å². The predicted octanol–water partition coefficient (Wildman–Crippen LogP) is 2.85. The van der Waals surface area contributed by atoms with Gasteiger partial charge in [-0.25, -0.2) is 0 Å². The predicted molar refractivity (Wildman–Crippen MR) is 75.2 cm³/mol. The van der Waals surface area contributed by atoms with E-state index < -0.39 is 0 Å². The number of aliphatic hydroxyl groups excluding tert-OH is 1. The maximum Gasteiger partial charge on any atom is 0.122 e. The van der Waals surface area contributed by atoms with Crippen molar-refractivity contribution in [2.75, 3.05) is 13.7 Å². The number of rotatable bonds is 6. The van der Waals surface area contributed by atoms with Crippen molar-refractivity contribution in [2.45, 2.75) is 45.7 Å². The first-order valence-corrected chi connectivity index (χ1v) is 6.54. The standard InChI is InChI=1S/C15H25NO2/c1-10(2)13-8-12(6-7-15(13)18-5)14(9-17)16-11(3)4/h6-8,10-11,14,16-17H,9H2,1-5H3. The molecule has 0 heterocycles. The van der Waals surface area contributed by atoms with Crippen molar-refractivity contribution in [3.8, 4) is 5.75 Å². The van der Waals surface area contributed by atoms with Gasteiger partial charge in [-0.2, -0.15) is 0 Å². The molecule has 18 heavy (non-hydrogen) atoms. The fourth-order valence-electron chi connectivity index (χ4n) is 2.08. The third-order valence-corrected chi connectivity index (χ3v) is 3.00. The molecule has 0 aliphatic rings. The van der Waals surface area contributed by atoms with Gasteiger partial charge in [-0.3, -0.25) is 0 Å². The molecule has 0 spiro atoms. The van der Waals surface area contributed by atoms with Gasteiger partial charge in [0.2, 0.25) is 0 Å². The summed E-state index contributed by atoms with van der Waals surface area (Å²) >= 11 is 0. The van der Waals surface area contributed by atoms with Crippen molar-refractivity contribution >= 4 is 0 Å². The quantitative estimate of drug-likeness (QED) is 0.817. The van der Waals surface area contributed by atoms with Gasteiger partial charge in [0.1, 0.15) is 5.75 Å². The Kier molecular flexibility index (Phi) is 5.63. The number of methoxy groups -OCH3 is 1. The lowest BCUT2D eigenvalue weighted by Crippen LogP contribution is -2.30. The van der Waals surface area contributed by atoms with Crippen molar-refractivity contribution < 1.29 is 9.84 Å². The summed E-state index contributed by atoms with van der Waals surface area (Å²) in [5.41, 5.74) is 2.29. The van der Waals surface area contributed by atoms with Crippen molar-refractivity contribution in [3.63, 3.8) is 0 Å². The minimum atomic E-state index is -0.0200. The Labute approximate surface area is 110 Å². The summed E-state index contributed by atoms with van der Waals surface area (Å²) in [5, 5.41) is 12.8. The highest BCUT2D eigenvalue weighted by molar-refractivity contribution is 5.40. The zero-order chi connectivity index (χ0) is 13.7. The molecule has 102 valence electrons. The highest BCUT2D eigenvalue weighted by atomic mass is 16.5. The van der Waals surface area contributed by atoms with Crippen molar-refractivity contribution in [2.24, 2.45) is 0 Å². The molecule has 0 aliphatic heterocycles. The highest BCUT2D eigenvalue weighted by Gasteiger charge is 2.15. The molecule has 0 saturated heterocycles. The van der Waals surface area contributed by atoms with Crippen LogP contribution in [0.5, 0.6) is 5.75 Å². The van der Waals surface area contributed by atoms with Crippen LogP contribution >= 0.6 is 0 Å². The van der Waals surface area contributed by atoms with Gasteiger partial charge in [-0.15, -0.1) is 0 Å². The summed E-state index contributed by atoms with van der Waals surface area (Å²) < 4.78 is 5.37. The molecular weight excluding hydrogens is 226 g/mol. The molecule has 1 atom stereocenters. The summed E-state index contributed by atoms with van der Waals surface area (Å²) in [7, 11) is 1.69. The van der Waals surface area contributed by atoms with Crippen molar-refractivity contribution in [1.29, 1.82) is 0 Å². The van der Waals surface area contributed by atoms with Crippen LogP contribution in [0.15, 0.2) is 18.2 Å². The summed E-state index contributed by atoms with van der Waals surface area (Å²) in [4.78, 5) is 0. The van der Waals surface area contributed by atoms with Gasteiger partial charge in [0.05, 0.1) is 19.8 Å². The molecule has 3 heteroatoms. The van der Waals surface area contributed by atoms with E-state index in [0.717, 1.165) is 11.3 Å². The van der Waals surface area contributed by atoms with Gasteiger partial charge < -0.3 is 15.2 Å². The van der Waals surface area contributed by atoms with E-state index in [9.17, 15) is 5.11 Å². The number of aliphatic hydroxyl groups is 1. The third-order valence-electron chi connectivity index (χ3n) is 3.00.